The number of hydrogen-bond donors (Lipinski definition) is 1. The van der Waals surface area contributed by atoms with Crippen molar-refractivity contribution in [1.29, 1.82) is 0 Å². The summed E-state index contributed by atoms with van der Waals surface area (Å²) in [6.45, 7) is 0.672. The van der Waals surface area contributed by atoms with Gasteiger partial charge in [-0.15, -0.1) is 12.4 Å². The Hall–Kier alpha value is -0.580. The summed E-state index contributed by atoms with van der Waals surface area (Å²) in [5.41, 5.74) is 5.30. The number of benzene rings is 1. The minimum atomic E-state index is 0. The molecular weight excluding hydrogens is 293 g/mol. The Bertz CT molecular complexity index is 316. The third kappa shape index (κ3) is 6.10. The van der Waals surface area contributed by atoms with E-state index in [2.05, 4.69) is 15.9 Å². The number of rotatable bonds is 6. The summed E-state index contributed by atoms with van der Waals surface area (Å²) in [6.07, 6.45) is 1.22. The van der Waals surface area contributed by atoms with Crippen molar-refractivity contribution in [2.45, 2.75) is 12.8 Å². The van der Waals surface area contributed by atoms with E-state index in [4.69, 9.17) is 10.5 Å². The van der Waals surface area contributed by atoms with E-state index in [0.717, 1.165) is 10.9 Å². The number of Topliss-reactive ketones (excluding diaryl/α,β-unsaturated/α-hetero) is 1. The molecule has 0 fully saturated rings. The van der Waals surface area contributed by atoms with Crippen molar-refractivity contribution < 1.29 is 9.53 Å². The Balaban J connectivity index is 0.00000225. The standard InChI is InChI=1S/C11H14BrNO2.ClH/c12-9-3-5-11(6-4-9)15-8-10(14)2-1-7-13;/h3-6H,1-2,7-8,13H2;1H. The van der Waals surface area contributed by atoms with Gasteiger partial charge >= 0.3 is 0 Å². The van der Waals surface area contributed by atoms with E-state index < -0.39 is 0 Å². The summed E-state index contributed by atoms with van der Waals surface area (Å²) >= 11 is 3.32. The molecule has 3 nitrogen and oxygen atoms in total. The molecule has 1 rings (SSSR count). The SMILES string of the molecule is Cl.NCCCC(=O)COc1ccc(Br)cc1. The van der Waals surface area contributed by atoms with E-state index in [-0.39, 0.29) is 24.8 Å². The van der Waals surface area contributed by atoms with Crippen LogP contribution in [0, 0.1) is 0 Å². The van der Waals surface area contributed by atoms with Crippen LogP contribution in [-0.2, 0) is 4.79 Å². The second-order valence-electron chi connectivity index (χ2n) is 3.17. The molecule has 0 saturated heterocycles. The van der Waals surface area contributed by atoms with Crippen LogP contribution in [0.15, 0.2) is 28.7 Å². The highest BCUT2D eigenvalue weighted by atomic mass is 79.9. The number of ketones is 1. The van der Waals surface area contributed by atoms with Gasteiger partial charge in [-0.3, -0.25) is 4.79 Å². The van der Waals surface area contributed by atoms with E-state index in [1.807, 2.05) is 24.3 Å². The highest BCUT2D eigenvalue weighted by Gasteiger charge is 2.02. The highest BCUT2D eigenvalue weighted by Crippen LogP contribution is 2.15. The van der Waals surface area contributed by atoms with Crippen LogP contribution in [0.5, 0.6) is 5.75 Å². The molecule has 0 radical (unpaired) electrons. The number of halogens is 2. The van der Waals surface area contributed by atoms with Crippen LogP contribution in [-0.4, -0.2) is 18.9 Å². The molecule has 0 aliphatic rings. The molecule has 0 aromatic heterocycles. The van der Waals surface area contributed by atoms with Crippen molar-refractivity contribution in [2.24, 2.45) is 5.73 Å². The van der Waals surface area contributed by atoms with Gasteiger partial charge in [-0.05, 0) is 37.2 Å². The first-order chi connectivity index (χ1) is 7.22. The van der Waals surface area contributed by atoms with E-state index >= 15 is 0 Å². The molecule has 0 aliphatic carbocycles. The predicted molar refractivity (Wildman–Crippen MR) is 70.2 cm³/mol. The summed E-state index contributed by atoms with van der Waals surface area (Å²) in [6, 6.07) is 7.39. The maximum Gasteiger partial charge on any atom is 0.170 e. The average molecular weight is 309 g/mol. The van der Waals surface area contributed by atoms with E-state index in [1.165, 1.54) is 0 Å². The summed E-state index contributed by atoms with van der Waals surface area (Å²) in [7, 11) is 0. The lowest BCUT2D eigenvalue weighted by Gasteiger charge is -2.04. The molecule has 16 heavy (non-hydrogen) atoms. The fourth-order valence-electron chi connectivity index (χ4n) is 1.07. The summed E-state index contributed by atoms with van der Waals surface area (Å²) in [4.78, 5) is 11.3. The minimum Gasteiger partial charge on any atom is -0.486 e. The van der Waals surface area contributed by atoms with Crippen LogP contribution in [0.2, 0.25) is 0 Å². The molecule has 1 aromatic rings. The van der Waals surface area contributed by atoms with Crippen molar-refractivity contribution in [2.75, 3.05) is 13.2 Å². The fraction of sp³-hybridized carbons (Fsp3) is 0.364. The Morgan fingerprint density at radius 1 is 1.31 bits per heavy atom. The zero-order chi connectivity index (χ0) is 11.1. The molecule has 0 spiro atoms. The van der Waals surface area contributed by atoms with Crippen molar-refractivity contribution >= 4 is 34.1 Å². The first kappa shape index (κ1) is 15.4. The monoisotopic (exact) mass is 307 g/mol. The van der Waals surface area contributed by atoms with Crippen LogP contribution < -0.4 is 10.5 Å². The zero-order valence-corrected chi connectivity index (χ0v) is 11.2. The van der Waals surface area contributed by atoms with E-state index in [9.17, 15) is 4.79 Å². The zero-order valence-electron chi connectivity index (χ0n) is 8.82. The van der Waals surface area contributed by atoms with Gasteiger partial charge in [0.25, 0.3) is 0 Å². The lowest BCUT2D eigenvalue weighted by molar-refractivity contribution is -0.121. The van der Waals surface area contributed by atoms with Gasteiger partial charge in [-0.25, -0.2) is 0 Å². The van der Waals surface area contributed by atoms with Crippen molar-refractivity contribution in [1.82, 2.24) is 0 Å². The molecule has 1 aromatic carbocycles. The lowest BCUT2D eigenvalue weighted by Crippen LogP contribution is -2.12. The normalized spacial score (nSPS) is 9.38. The smallest absolute Gasteiger partial charge is 0.170 e. The third-order valence-electron chi connectivity index (χ3n) is 1.87. The summed E-state index contributed by atoms with van der Waals surface area (Å²) in [5.74, 6) is 0.794. The van der Waals surface area contributed by atoms with E-state index in [1.54, 1.807) is 0 Å². The van der Waals surface area contributed by atoms with Crippen molar-refractivity contribution in [3.63, 3.8) is 0 Å². The molecule has 0 bridgehead atoms. The van der Waals surface area contributed by atoms with Crippen molar-refractivity contribution in [3.8, 4) is 5.75 Å². The van der Waals surface area contributed by atoms with Gasteiger partial charge in [0.2, 0.25) is 0 Å². The van der Waals surface area contributed by atoms with E-state index in [0.29, 0.717) is 18.7 Å². The predicted octanol–water partition coefficient (Wildman–Crippen LogP) is 2.56. The molecular formula is C11H15BrClNO2. The number of hydrogen-bond acceptors (Lipinski definition) is 3. The number of ether oxygens (including phenoxy) is 1. The second-order valence-corrected chi connectivity index (χ2v) is 4.09. The van der Waals surface area contributed by atoms with Gasteiger partial charge < -0.3 is 10.5 Å². The van der Waals surface area contributed by atoms with Crippen LogP contribution in [0.1, 0.15) is 12.8 Å². The number of nitrogens with two attached hydrogens (primary N) is 1. The van der Waals surface area contributed by atoms with Crippen LogP contribution >= 0.6 is 28.3 Å². The third-order valence-corrected chi connectivity index (χ3v) is 2.40. The molecule has 90 valence electrons. The van der Waals surface area contributed by atoms with Crippen molar-refractivity contribution in [3.05, 3.63) is 28.7 Å². The van der Waals surface area contributed by atoms with Gasteiger partial charge in [0, 0.05) is 10.9 Å². The Morgan fingerprint density at radius 2 is 1.94 bits per heavy atom. The first-order valence-electron chi connectivity index (χ1n) is 4.82. The van der Waals surface area contributed by atoms with Gasteiger partial charge in [0.1, 0.15) is 12.4 Å². The Kier molecular flexibility index (Phi) is 8.25. The molecule has 0 aliphatic heterocycles. The molecule has 0 amide bonds. The van der Waals surface area contributed by atoms with Crippen LogP contribution in [0.4, 0.5) is 0 Å². The number of carbonyl (C=O) groups is 1. The maximum absolute atomic E-state index is 11.3. The molecule has 5 heteroatoms. The molecule has 0 heterocycles. The lowest BCUT2D eigenvalue weighted by atomic mass is 10.2. The topological polar surface area (TPSA) is 52.3 Å². The van der Waals surface area contributed by atoms with Crippen LogP contribution in [0.3, 0.4) is 0 Å². The summed E-state index contributed by atoms with van der Waals surface area (Å²) in [5, 5.41) is 0. The fourth-order valence-corrected chi connectivity index (χ4v) is 1.33. The molecule has 2 N–H and O–H groups in total. The van der Waals surface area contributed by atoms with Gasteiger partial charge in [-0.1, -0.05) is 15.9 Å². The summed E-state index contributed by atoms with van der Waals surface area (Å²) < 4.78 is 6.30. The highest BCUT2D eigenvalue weighted by molar-refractivity contribution is 9.10. The molecule has 0 atom stereocenters. The number of carbonyl (C=O) groups excluding carboxylic acids is 1. The molecule has 0 saturated carbocycles. The second kappa shape index (κ2) is 8.56. The largest absolute Gasteiger partial charge is 0.486 e. The average Bonchev–Trinajstić information content (AvgIpc) is 2.25. The maximum atomic E-state index is 11.3. The quantitative estimate of drug-likeness (QED) is 0.878. The van der Waals surface area contributed by atoms with Gasteiger partial charge in [-0.2, -0.15) is 0 Å². The Morgan fingerprint density at radius 3 is 2.50 bits per heavy atom. The van der Waals surface area contributed by atoms with Crippen LogP contribution in [0.25, 0.3) is 0 Å². The van der Waals surface area contributed by atoms with Gasteiger partial charge in [0.15, 0.2) is 5.78 Å². The minimum absolute atomic E-state index is 0. The Labute approximate surface area is 110 Å². The molecule has 0 unspecified atom stereocenters. The van der Waals surface area contributed by atoms with Gasteiger partial charge in [0.05, 0.1) is 0 Å². The first-order valence-corrected chi connectivity index (χ1v) is 5.62.